The van der Waals surface area contributed by atoms with E-state index in [9.17, 15) is 9.59 Å². The molecule has 19 heavy (non-hydrogen) atoms. The molecule has 2 atom stereocenters. The Bertz CT molecular complexity index is 507. The normalized spacial score (nSPS) is 23.9. The van der Waals surface area contributed by atoms with Gasteiger partial charge in [0.2, 0.25) is 5.91 Å². The van der Waals surface area contributed by atoms with Crippen molar-refractivity contribution >= 4 is 23.2 Å². The molecular weight excluding hydrogens is 262 g/mol. The van der Waals surface area contributed by atoms with Gasteiger partial charge in [0.05, 0.1) is 11.8 Å². The maximum atomic E-state index is 12.0. The third-order valence-electron chi connectivity index (χ3n) is 4.00. The van der Waals surface area contributed by atoms with Gasteiger partial charge in [0.15, 0.2) is 0 Å². The van der Waals surface area contributed by atoms with E-state index >= 15 is 0 Å². The minimum Gasteiger partial charge on any atom is -0.481 e. The highest BCUT2D eigenvalue weighted by atomic mass is 32.1. The van der Waals surface area contributed by atoms with Crippen LogP contribution in [0.3, 0.4) is 0 Å². The first-order chi connectivity index (χ1) is 8.85. The minimum absolute atomic E-state index is 0.133. The lowest BCUT2D eigenvalue weighted by molar-refractivity contribution is -0.140. The molecule has 2 N–H and O–H groups in total. The van der Waals surface area contributed by atoms with Gasteiger partial charge in [0.25, 0.3) is 0 Å². The first-order valence-corrected chi connectivity index (χ1v) is 7.27. The van der Waals surface area contributed by atoms with Crippen LogP contribution in [0.1, 0.15) is 24.3 Å². The number of aryl methyl sites for hydroxylation is 1. The number of carbonyl (C=O) groups is 2. The van der Waals surface area contributed by atoms with E-state index in [0.717, 1.165) is 6.42 Å². The first-order valence-electron chi connectivity index (χ1n) is 6.39. The van der Waals surface area contributed by atoms with Crippen molar-refractivity contribution in [3.8, 4) is 0 Å². The van der Waals surface area contributed by atoms with Crippen LogP contribution in [0, 0.1) is 24.2 Å². The Morgan fingerprint density at radius 1 is 1.42 bits per heavy atom. The lowest BCUT2D eigenvalue weighted by Crippen LogP contribution is -2.29. The van der Waals surface area contributed by atoms with Gasteiger partial charge in [-0.1, -0.05) is 13.8 Å². The van der Waals surface area contributed by atoms with Crippen LogP contribution in [0.5, 0.6) is 0 Å². The van der Waals surface area contributed by atoms with Crippen LogP contribution in [0.25, 0.3) is 0 Å². The number of carboxylic acid groups (broad SMARTS) is 1. The van der Waals surface area contributed by atoms with Crippen molar-refractivity contribution < 1.29 is 14.7 Å². The summed E-state index contributed by atoms with van der Waals surface area (Å²) < 4.78 is 0. The van der Waals surface area contributed by atoms with E-state index in [2.05, 4.69) is 18.3 Å². The Morgan fingerprint density at radius 3 is 2.58 bits per heavy atom. The second-order valence-corrected chi connectivity index (χ2v) is 6.68. The number of amides is 1. The van der Waals surface area contributed by atoms with Crippen molar-refractivity contribution in [2.45, 2.75) is 27.2 Å². The van der Waals surface area contributed by atoms with E-state index in [1.54, 1.807) is 11.3 Å². The standard InChI is InChI=1S/C14H19NO3S/c1-8-5-7-19-9(8)4-6-15-12(16)10-11(13(17)18)14(10,2)3/h5,7,10-11H,4,6H2,1-3H3,(H,15,16)(H,17,18)/t10-,11+/m0/s1. The molecule has 2 rings (SSSR count). The number of thiophene rings is 1. The van der Waals surface area contributed by atoms with Gasteiger partial charge in [-0.3, -0.25) is 9.59 Å². The highest BCUT2D eigenvalue weighted by Crippen LogP contribution is 2.58. The van der Waals surface area contributed by atoms with Crippen LogP contribution in [0.2, 0.25) is 0 Å². The van der Waals surface area contributed by atoms with Gasteiger partial charge in [-0.25, -0.2) is 0 Å². The molecule has 1 amide bonds. The molecule has 4 nitrogen and oxygen atoms in total. The molecule has 0 saturated heterocycles. The summed E-state index contributed by atoms with van der Waals surface area (Å²) in [6, 6.07) is 2.06. The number of hydrogen-bond acceptors (Lipinski definition) is 3. The lowest BCUT2D eigenvalue weighted by atomic mass is 10.1. The Kier molecular flexibility index (Phi) is 3.67. The second-order valence-electron chi connectivity index (χ2n) is 5.68. The summed E-state index contributed by atoms with van der Waals surface area (Å²) in [6.07, 6.45) is 0.806. The van der Waals surface area contributed by atoms with Crippen LogP contribution < -0.4 is 5.32 Å². The molecule has 0 aromatic carbocycles. The monoisotopic (exact) mass is 281 g/mol. The molecule has 1 saturated carbocycles. The predicted molar refractivity (Wildman–Crippen MR) is 74.2 cm³/mol. The number of carbonyl (C=O) groups excluding carboxylic acids is 1. The van der Waals surface area contributed by atoms with Gasteiger partial charge >= 0.3 is 5.97 Å². The zero-order chi connectivity index (χ0) is 14.2. The molecule has 1 fully saturated rings. The van der Waals surface area contributed by atoms with E-state index in [1.165, 1.54) is 10.4 Å². The van der Waals surface area contributed by atoms with Crippen molar-refractivity contribution in [1.82, 2.24) is 5.32 Å². The summed E-state index contributed by atoms with van der Waals surface area (Å²) in [5.41, 5.74) is 0.823. The Hall–Kier alpha value is -1.36. The van der Waals surface area contributed by atoms with Crippen molar-refractivity contribution in [2.75, 3.05) is 6.54 Å². The summed E-state index contributed by atoms with van der Waals surface area (Å²) in [5.74, 6) is -1.95. The third-order valence-corrected chi connectivity index (χ3v) is 5.08. The van der Waals surface area contributed by atoms with Gasteiger partial charge in [-0.05, 0) is 35.8 Å². The number of aliphatic carboxylic acids is 1. The molecule has 1 aromatic heterocycles. The van der Waals surface area contributed by atoms with E-state index in [1.807, 2.05) is 19.2 Å². The minimum atomic E-state index is -0.876. The molecule has 1 aliphatic rings. The SMILES string of the molecule is Cc1ccsc1CCNC(=O)[C@@H]1[C@H](C(=O)O)C1(C)C. The molecular formula is C14H19NO3S. The molecule has 104 valence electrons. The van der Waals surface area contributed by atoms with Crippen LogP contribution in [-0.2, 0) is 16.0 Å². The van der Waals surface area contributed by atoms with Crippen molar-refractivity contribution in [1.29, 1.82) is 0 Å². The molecule has 0 bridgehead atoms. The van der Waals surface area contributed by atoms with Gasteiger partial charge in [0, 0.05) is 11.4 Å². The van der Waals surface area contributed by atoms with Crippen LogP contribution >= 0.6 is 11.3 Å². The van der Waals surface area contributed by atoms with Crippen LogP contribution in [0.4, 0.5) is 0 Å². The summed E-state index contributed by atoms with van der Waals surface area (Å²) in [4.78, 5) is 24.3. The second kappa shape index (κ2) is 4.96. The van der Waals surface area contributed by atoms with E-state index in [-0.39, 0.29) is 5.91 Å². The largest absolute Gasteiger partial charge is 0.481 e. The molecule has 0 aliphatic heterocycles. The van der Waals surface area contributed by atoms with Gasteiger partial charge < -0.3 is 10.4 Å². The lowest BCUT2D eigenvalue weighted by Gasteiger charge is -2.05. The number of nitrogens with one attached hydrogen (secondary N) is 1. The molecule has 0 unspecified atom stereocenters. The smallest absolute Gasteiger partial charge is 0.307 e. The summed E-state index contributed by atoms with van der Waals surface area (Å²) >= 11 is 1.69. The predicted octanol–water partition coefficient (Wildman–Crippen LogP) is 2.07. The maximum absolute atomic E-state index is 12.0. The van der Waals surface area contributed by atoms with E-state index < -0.39 is 23.2 Å². The van der Waals surface area contributed by atoms with Gasteiger partial charge in [0.1, 0.15) is 0 Å². The number of rotatable bonds is 5. The molecule has 0 radical (unpaired) electrons. The van der Waals surface area contributed by atoms with Crippen molar-refractivity contribution in [3.05, 3.63) is 21.9 Å². The zero-order valence-electron chi connectivity index (χ0n) is 11.4. The molecule has 5 heteroatoms. The van der Waals surface area contributed by atoms with Crippen LogP contribution in [-0.4, -0.2) is 23.5 Å². The zero-order valence-corrected chi connectivity index (χ0v) is 12.2. The van der Waals surface area contributed by atoms with Gasteiger partial charge in [-0.15, -0.1) is 11.3 Å². The fourth-order valence-electron chi connectivity index (χ4n) is 2.66. The average Bonchev–Trinajstić information content (AvgIpc) is 2.66. The fourth-order valence-corrected chi connectivity index (χ4v) is 3.57. The van der Waals surface area contributed by atoms with Gasteiger partial charge in [-0.2, -0.15) is 0 Å². The summed E-state index contributed by atoms with van der Waals surface area (Å²) in [5, 5.41) is 13.9. The summed E-state index contributed by atoms with van der Waals surface area (Å²) in [7, 11) is 0. The quantitative estimate of drug-likeness (QED) is 0.868. The maximum Gasteiger partial charge on any atom is 0.307 e. The van der Waals surface area contributed by atoms with Crippen molar-refractivity contribution in [3.63, 3.8) is 0 Å². The first kappa shape index (κ1) is 14.1. The number of carboxylic acids is 1. The van der Waals surface area contributed by atoms with E-state index in [0.29, 0.717) is 6.54 Å². The molecule has 0 spiro atoms. The Morgan fingerprint density at radius 2 is 2.11 bits per heavy atom. The van der Waals surface area contributed by atoms with Crippen LogP contribution in [0.15, 0.2) is 11.4 Å². The Labute approximate surface area is 116 Å². The topological polar surface area (TPSA) is 66.4 Å². The van der Waals surface area contributed by atoms with E-state index in [4.69, 9.17) is 5.11 Å². The average molecular weight is 281 g/mol. The Balaban J connectivity index is 1.83. The highest BCUT2D eigenvalue weighted by molar-refractivity contribution is 7.10. The number of hydrogen-bond donors (Lipinski definition) is 2. The fraction of sp³-hybridized carbons (Fsp3) is 0.571. The third kappa shape index (κ3) is 2.66. The molecule has 1 heterocycles. The highest BCUT2D eigenvalue weighted by Gasteiger charge is 2.65. The molecule has 1 aromatic rings. The summed E-state index contributed by atoms with van der Waals surface area (Å²) in [6.45, 7) is 6.29. The van der Waals surface area contributed by atoms with Crippen molar-refractivity contribution in [2.24, 2.45) is 17.3 Å². The molecule has 1 aliphatic carbocycles.